The summed E-state index contributed by atoms with van der Waals surface area (Å²) in [5, 5.41) is 0. The number of carbonyl (C=O) groups is 2. The van der Waals surface area contributed by atoms with E-state index in [4.69, 9.17) is 4.74 Å². The highest BCUT2D eigenvalue weighted by Crippen LogP contribution is 2.19. The maximum Gasteiger partial charge on any atom is 0.341 e. The highest BCUT2D eigenvalue weighted by Gasteiger charge is 2.15. The Labute approximate surface area is 106 Å². The summed E-state index contributed by atoms with van der Waals surface area (Å²) in [5.41, 5.74) is 1.12. The van der Waals surface area contributed by atoms with Crippen LogP contribution in [0.4, 0.5) is 0 Å². The number of esters is 1. The Hall–Kier alpha value is -1.69. The van der Waals surface area contributed by atoms with Crippen molar-refractivity contribution in [3.63, 3.8) is 0 Å². The van der Waals surface area contributed by atoms with Crippen molar-refractivity contribution in [1.82, 2.24) is 9.38 Å². The average Bonchev–Trinajstić information content (AvgIpc) is 2.71. The number of halogens is 1. The zero-order valence-electron chi connectivity index (χ0n) is 9.01. The van der Waals surface area contributed by atoms with Crippen molar-refractivity contribution in [2.75, 3.05) is 6.61 Å². The third-order valence-electron chi connectivity index (χ3n) is 2.22. The Morgan fingerprint density at radius 3 is 3.06 bits per heavy atom. The zero-order chi connectivity index (χ0) is 12.4. The van der Waals surface area contributed by atoms with E-state index >= 15 is 0 Å². The summed E-state index contributed by atoms with van der Waals surface area (Å²) in [4.78, 5) is 26.6. The van der Waals surface area contributed by atoms with Crippen molar-refractivity contribution in [1.29, 1.82) is 0 Å². The molecule has 0 saturated heterocycles. The van der Waals surface area contributed by atoms with Crippen molar-refractivity contribution in [3.05, 3.63) is 34.2 Å². The molecule has 0 atom stereocenters. The molecule has 0 aliphatic rings. The first kappa shape index (κ1) is 11.8. The van der Waals surface area contributed by atoms with Crippen molar-refractivity contribution < 1.29 is 14.3 Å². The van der Waals surface area contributed by atoms with Gasteiger partial charge in [-0.15, -0.1) is 0 Å². The fourth-order valence-corrected chi connectivity index (χ4v) is 1.95. The van der Waals surface area contributed by atoms with Crippen LogP contribution in [0.15, 0.2) is 22.9 Å². The molecule has 6 heteroatoms. The summed E-state index contributed by atoms with van der Waals surface area (Å²) < 4.78 is 7.15. The second-order valence-corrected chi connectivity index (χ2v) is 4.20. The van der Waals surface area contributed by atoms with Gasteiger partial charge in [0.05, 0.1) is 12.8 Å². The molecule has 0 amide bonds. The molecule has 2 heterocycles. The topological polar surface area (TPSA) is 60.7 Å². The molecule has 0 spiro atoms. The lowest BCUT2D eigenvalue weighted by atomic mass is 10.2. The van der Waals surface area contributed by atoms with Gasteiger partial charge in [-0.1, -0.05) is 0 Å². The van der Waals surface area contributed by atoms with Crippen LogP contribution in [0.25, 0.3) is 5.65 Å². The first-order chi connectivity index (χ1) is 8.17. The summed E-state index contributed by atoms with van der Waals surface area (Å²) in [7, 11) is 0. The molecule has 17 heavy (non-hydrogen) atoms. The second-order valence-electron chi connectivity index (χ2n) is 3.29. The molecule has 0 saturated carbocycles. The summed E-state index contributed by atoms with van der Waals surface area (Å²) in [6.07, 6.45) is 3.77. The number of imidazole rings is 1. The predicted molar refractivity (Wildman–Crippen MR) is 64.2 cm³/mol. The lowest BCUT2D eigenvalue weighted by Gasteiger charge is -2.05. The summed E-state index contributed by atoms with van der Waals surface area (Å²) in [6.45, 7) is 2.02. The maximum atomic E-state index is 11.7. The normalized spacial score (nSPS) is 10.5. The fraction of sp³-hybridized carbons (Fsp3) is 0.182. The standard InChI is InChI=1S/C11H9BrN2O3/c1-2-17-11(16)9-3-7(12)5-14-8(6-15)4-13-10(9)14/h3-6H,2H2,1H3. The monoisotopic (exact) mass is 296 g/mol. The van der Waals surface area contributed by atoms with Gasteiger partial charge in [-0.25, -0.2) is 9.78 Å². The van der Waals surface area contributed by atoms with E-state index in [9.17, 15) is 9.59 Å². The summed E-state index contributed by atoms with van der Waals surface area (Å²) in [6, 6.07) is 1.62. The molecule has 0 bridgehead atoms. The zero-order valence-corrected chi connectivity index (χ0v) is 10.6. The van der Waals surface area contributed by atoms with Gasteiger partial charge in [0, 0.05) is 10.7 Å². The van der Waals surface area contributed by atoms with E-state index in [0.29, 0.717) is 34.3 Å². The predicted octanol–water partition coefficient (Wildman–Crippen LogP) is 2.09. The van der Waals surface area contributed by atoms with Crippen LogP contribution in [0, 0.1) is 0 Å². The van der Waals surface area contributed by atoms with Gasteiger partial charge in [0.25, 0.3) is 0 Å². The van der Waals surface area contributed by atoms with Crippen molar-refractivity contribution >= 4 is 33.8 Å². The summed E-state index contributed by atoms with van der Waals surface area (Å²) in [5.74, 6) is -0.457. The number of fused-ring (bicyclic) bond motifs is 1. The lowest BCUT2D eigenvalue weighted by molar-refractivity contribution is 0.0527. The fourth-order valence-electron chi connectivity index (χ4n) is 1.52. The Morgan fingerprint density at radius 2 is 2.41 bits per heavy atom. The molecule has 5 nitrogen and oxygen atoms in total. The van der Waals surface area contributed by atoms with Crippen LogP contribution in [-0.2, 0) is 4.74 Å². The number of hydrogen-bond acceptors (Lipinski definition) is 4. The molecule has 0 aliphatic carbocycles. The van der Waals surface area contributed by atoms with E-state index in [1.165, 1.54) is 6.20 Å². The van der Waals surface area contributed by atoms with Crippen LogP contribution in [0.1, 0.15) is 27.8 Å². The summed E-state index contributed by atoms with van der Waals surface area (Å²) >= 11 is 3.28. The second kappa shape index (κ2) is 4.67. The number of hydrogen-bond donors (Lipinski definition) is 0. The van der Waals surface area contributed by atoms with Crippen LogP contribution in [0.3, 0.4) is 0 Å². The minimum absolute atomic E-state index is 0.290. The van der Waals surface area contributed by atoms with Gasteiger partial charge >= 0.3 is 5.97 Å². The molecule has 2 aromatic rings. The van der Waals surface area contributed by atoms with E-state index in [1.807, 2.05) is 0 Å². The van der Waals surface area contributed by atoms with Gasteiger partial charge in [0.2, 0.25) is 0 Å². The number of pyridine rings is 1. The third kappa shape index (κ3) is 2.08. The Morgan fingerprint density at radius 1 is 1.65 bits per heavy atom. The maximum absolute atomic E-state index is 11.7. The molecular weight excluding hydrogens is 288 g/mol. The number of carbonyl (C=O) groups excluding carboxylic acids is 2. The smallest absolute Gasteiger partial charge is 0.341 e. The number of aldehydes is 1. The van der Waals surface area contributed by atoms with Gasteiger partial charge in [-0.3, -0.25) is 9.20 Å². The third-order valence-corrected chi connectivity index (χ3v) is 2.65. The Kier molecular flexibility index (Phi) is 3.23. The quantitative estimate of drug-likeness (QED) is 0.643. The van der Waals surface area contributed by atoms with E-state index in [-0.39, 0.29) is 0 Å². The first-order valence-corrected chi connectivity index (χ1v) is 5.75. The van der Waals surface area contributed by atoms with Gasteiger partial charge in [0.15, 0.2) is 11.9 Å². The minimum atomic E-state index is -0.457. The molecule has 0 fully saturated rings. The molecule has 88 valence electrons. The SMILES string of the molecule is CCOC(=O)c1cc(Br)cn2c(C=O)cnc12. The van der Waals surface area contributed by atoms with Gasteiger partial charge in [-0.05, 0) is 28.9 Å². The van der Waals surface area contributed by atoms with Crippen molar-refractivity contribution in [2.45, 2.75) is 6.92 Å². The molecule has 2 rings (SSSR count). The lowest BCUT2D eigenvalue weighted by Crippen LogP contribution is -2.07. The first-order valence-electron chi connectivity index (χ1n) is 4.96. The van der Waals surface area contributed by atoms with Crippen LogP contribution in [-0.4, -0.2) is 28.2 Å². The van der Waals surface area contributed by atoms with Crippen molar-refractivity contribution in [2.24, 2.45) is 0 Å². The van der Waals surface area contributed by atoms with Gasteiger partial charge in [-0.2, -0.15) is 0 Å². The van der Waals surface area contributed by atoms with E-state index in [1.54, 1.807) is 23.6 Å². The van der Waals surface area contributed by atoms with Crippen molar-refractivity contribution in [3.8, 4) is 0 Å². The molecule has 0 aromatic carbocycles. The van der Waals surface area contributed by atoms with E-state index < -0.39 is 5.97 Å². The van der Waals surface area contributed by atoms with E-state index in [0.717, 1.165) is 0 Å². The number of nitrogens with zero attached hydrogens (tertiary/aromatic N) is 2. The molecule has 0 aliphatic heterocycles. The highest BCUT2D eigenvalue weighted by atomic mass is 79.9. The van der Waals surface area contributed by atoms with Crippen LogP contribution < -0.4 is 0 Å². The van der Waals surface area contributed by atoms with Crippen LogP contribution >= 0.6 is 15.9 Å². The highest BCUT2D eigenvalue weighted by molar-refractivity contribution is 9.10. The molecule has 2 aromatic heterocycles. The Balaban J connectivity index is 2.66. The minimum Gasteiger partial charge on any atom is -0.462 e. The van der Waals surface area contributed by atoms with Gasteiger partial charge in [0.1, 0.15) is 11.3 Å². The van der Waals surface area contributed by atoms with E-state index in [2.05, 4.69) is 20.9 Å². The molecule has 0 unspecified atom stereocenters. The Bertz CT molecular complexity index is 592. The largest absolute Gasteiger partial charge is 0.462 e. The number of rotatable bonds is 3. The van der Waals surface area contributed by atoms with Crippen LogP contribution in [0.2, 0.25) is 0 Å². The van der Waals surface area contributed by atoms with Gasteiger partial charge < -0.3 is 4.74 Å². The molecular formula is C11H9BrN2O3. The van der Waals surface area contributed by atoms with Crippen LogP contribution in [0.5, 0.6) is 0 Å². The average molecular weight is 297 g/mol. The molecule has 0 N–H and O–H groups in total. The number of ether oxygens (including phenoxy) is 1. The molecule has 0 radical (unpaired) electrons. The number of aromatic nitrogens is 2.